The number of nitrogens with one attached hydrogen (secondary N) is 1. The molecule has 55 heavy (non-hydrogen) atoms. The Bertz CT molecular complexity index is 858. The molecule has 6 nitrogen and oxygen atoms in total. The number of carbonyl (C=O) groups is 2. The van der Waals surface area contributed by atoms with E-state index in [4.69, 9.17) is 4.74 Å². The lowest BCUT2D eigenvalue weighted by Crippen LogP contribution is -2.45. The van der Waals surface area contributed by atoms with Crippen molar-refractivity contribution in [3.63, 3.8) is 0 Å². The molecule has 0 aliphatic carbocycles. The van der Waals surface area contributed by atoms with Crippen molar-refractivity contribution in [1.82, 2.24) is 5.32 Å². The van der Waals surface area contributed by atoms with Gasteiger partial charge in [-0.1, -0.05) is 205 Å². The highest BCUT2D eigenvalue weighted by Gasteiger charge is 2.18. The molecule has 2 unspecified atom stereocenters. The SMILES string of the molecule is CCCCCCCCC/C=C/C(O)C(CO)NC(=O)CCCCCCC/C=C\CCCCCCCCCOC(=O)CCCCCCCCCCCCCCC. The van der Waals surface area contributed by atoms with Gasteiger partial charge in [0.25, 0.3) is 0 Å². The van der Waals surface area contributed by atoms with Gasteiger partial charge in [-0.3, -0.25) is 9.59 Å². The summed E-state index contributed by atoms with van der Waals surface area (Å²) < 4.78 is 5.45. The van der Waals surface area contributed by atoms with Crippen LogP contribution >= 0.6 is 0 Å². The number of aliphatic hydroxyl groups excluding tert-OH is 2. The normalized spacial score (nSPS) is 12.9. The number of esters is 1. The van der Waals surface area contributed by atoms with Crippen molar-refractivity contribution in [2.75, 3.05) is 13.2 Å². The third-order valence-corrected chi connectivity index (χ3v) is 11.0. The summed E-state index contributed by atoms with van der Waals surface area (Å²) in [6, 6.07) is -0.637. The van der Waals surface area contributed by atoms with Gasteiger partial charge in [0.05, 0.1) is 25.4 Å². The number of allylic oxidation sites excluding steroid dienone is 3. The van der Waals surface area contributed by atoms with Gasteiger partial charge in [0.1, 0.15) is 0 Å². The van der Waals surface area contributed by atoms with E-state index in [0.717, 1.165) is 64.2 Å². The van der Waals surface area contributed by atoms with Crippen LogP contribution in [0.5, 0.6) is 0 Å². The van der Waals surface area contributed by atoms with Gasteiger partial charge in [-0.2, -0.15) is 0 Å². The maximum absolute atomic E-state index is 12.3. The highest BCUT2D eigenvalue weighted by atomic mass is 16.5. The second-order valence-corrected chi connectivity index (χ2v) is 16.4. The maximum atomic E-state index is 12.3. The van der Waals surface area contributed by atoms with E-state index < -0.39 is 12.1 Å². The Morgan fingerprint density at radius 3 is 1.29 bits per heavy atom. The first kappa shape index (κ1) is 53.3. The monoisotopic (exact) mass is 776 g/mol. The number of hydrogen-bond donors (Lipinski definition) is 3. The van der Waals surface area contributed by atoms with Gasteiger partial charge < -0.3 is 20.3 Å². The Hall–Kier alpha value is -1.66. The van der Waals surface area contributed by atoms with E-state index in [1.54, 1.807) is 6.08 Å². The first-order valence-corrected chi connectivity index (χ1v) is 24.1. The summed E-state index contributed by atoms with van der Waals surface area (Å²) in [4.78, 5) is 24.3. The molecule has 1 amide bonds. The zero-order valence-corrected chi connectivity index (χ0v) is 36.7. The zero-order chi connectivity index (χ0) is 40.1. The number of amides is 1. The number of unbranched alkanes of at least 4 members (excludes halogenated alkanes) is 31. The van der Waals surface area contributed by atoms with E-state index in [9.17, 15) is 19.8 Å². The third-order valence-electron chi connectivity index (χ3n) is 11.0. The Kier molecular flexibility index (Phi) is 43.7. The Morgan fingerprint density at radius 1 is 0.491 bits per heavy atom. The van der Waals surface area contributed by atoms with Crippen molar-refractivity contribution in [2.45, 2.75) is 264 Å². The van der Waals surface area contributed by atoms with Crippen LogP contribution in [0.3, 0.4) is 0 Å². The molecule has 0 aromatic rings. The fraction of sp³-hybridized carbons (Fsp3) is 0.878. The minimum atomic E-state index is -0.851. The van der Waals surface area contributed by atoms with Crippen molar-refractivity contribution in [1.29, 1.82) is 0 Å². The quantitative estimate of drug-likeness (QED) is 0.0325. The Labute approximate surface area is 341 Å². The van der Waals surface area contributed by atoms with Gasteiger partial charge in [-0.15, -0.1) is 0 Å². The number of aliphatic hydroxyl groups is 2. The molecule has 0 saturated carbocycles. The predicted octanol–water partition coefficient (Wildman–Crippen LogP) is 14.0. The fourth-order valence-corrected chi connectivity index (χ4v) is 7.21. The standard InChI is InChI=1S/C49H93NO5/c1-3-5-7-9-11-13-14-19-23-27-31-35-39-43-49(54)55-44-40-36-32-28-24-21-18-16-15-17-20-22-26-30-34-38-42-48(53)50-46(45-51)47(52)41-37-33-29-25-12-10-8-6-4-2/h15,17,37,41,46-47,51-52H,3-14,16,18-36,38-40,42-45H2,1-2H3,(H,50,53)/b17-15-,41-37+. The fourth-order valence-electron chi connectivity index (χ4n) is 7.21. The van der Waals surface area contributed by atoms with Gasteiger partial charge in [0.2, 0.25) is 5.91 Å². The Balaban J connectivity index is 3.47. The largest absolute Gasteiger partial charge is 0.466 e. The van der Waals surface area contributed by atoms with Crippen LogP contribution in [-0.2, 0) is 14.3 Å². The first-order chi connectivity index (χ1) is 27.0. The zero-order valence-electron chi connectivity index (χ0n) is 36.7. The number of carbonyl (C=O) groups excluding carboxylic acids is 2. The van der Waals surface area contributed by atoms with E-state index >= 15 is 0 Å². The van der Waals surface area contributed by atoms with E-state index in [1.807, 2.05) is 6.08 Å². The lowest BCUT2D eigenvalue weighted by molar-refractivity contribution is -0.143. The van der Waals surface area contributed by atoms with Crippen molar-refractivity contribution < 1.29 is 24.5 Å². The molecule has 0 rings (SSSR count). The van der Waals surface area contributed by atoms with E-state index in [2.05, 4.69) is 31.3 Å². The van der Waals surface area contributed by atoms with Gasteiger partial charge in [-0.25, -0.2) is 0 Å². The average molecular weight is 776 g/mol. The van der Waals surface area contributed by atoms with Crippen molar-refractivity contribution >= 4 is 11.9 Å². The van der Waals surface area contributed by atoms with Crippen LogP contribution in [-0.4, -0.2) is 47.4 Å². The molecule has 0 aromatic carbocycles. The molecule has 0 saturated heterocycles. The number of ether oxygens (including phenoxy) is 1. The molecule has 0 bridgehead atoms. The summed E-state index contributed by atoms with van der Waals surface area (Å²) in [5.74, 6) is -0.0916. The van der Waals surface area contributed by atoms with Gasteiger partial charge >= 0.3 is 5.97 Å². The lowest BCUT2D eigenvalue weighted by atomic mass is 10.0. The molecule has 0 aromatic heterocycles. The molecule has 0 radical (unpaired) electrons. The van der Waals surface area contributed by atoms with Crippen molar-refractivity contribution in [3.8, 4) is 0 Å². The van der Waals surface area contributed by atoms with Crippen LogP contribution in [0.1, 0.15) is 251 Å². The molecule has 0 heterocycles. The molecule has 0 spiro atoms. The van der Waals surface area contributed by atoms with Crippen LogP contribution in [0.15, 0.2) is 24.3 Å². The highest BCUT2D eigenvalue weighted by molar-refractivity contribution is 5.76. The molecule has 2 atom stereocenters. The summed E-state index contributed by atoms with van der Waals surface area (Å²) in [6.07, 6.45) is 51.8. The first-order valence-electron chi connectivity index (χ1n) is 24.1. The third kappa shape index (κ3) is 41.8. The van der Waals surface area contributed by atoms with Crippen molar-refractivity contribution in [2.24, 2.45) is 0 Å². The molecule has 6 heteroatoms. The second kappa shape index (κ2) is 45.0. The van der Waals surface area contributed by atoms with Crippen LogP contribution in [0.25, 0.3) is 0 Å². The topological polar surface area (TPSA) is 95.9 Å². The second-order valence-electron chi connectivity index (χ2n) is 16.4. The average Bonchev–Trinajstić information content (AvgIpc) is 3.18. The summed E-state index contributed by atoms with van der Waals surface area (Å²) in [6.45, 7) is 4.84. The molecule has 0 fully saturated rings. The van der Waals surface area contributed by atoms with Crippen LogP contribution in [0.4, 0.5) is 0 Å². The molecule has 324 valence electrons. The predicted molar refractivity (Wildman–Crippen MR) is 236 cm³/mol. The molecular formula is C49H93NO5. The molecule has 0 aliphatic heterocycles. The minimum absolute atomic E-state index is 0.00325. The van der Waals surface area contributed by atoms with Gasteiger partial charge in [0, 0.05) is 12.8 Å². The van der Waals surface area contributed by atoms with Crippen LogP contribution in [0.2, 0.25) is 0 Å². The van der Waals surface area contributed by atoms with Gasteiger partial charge in [0.15, 0.2) is 0 Å². The molecule has 0 aliphatic rings. The van der Waals surface area contributed by atoms with Crippen LogP contribution in [0, 0.1) is 0 Å². The van der Waals surface area contributed by atoms with E-state index in [0.29, 0.717) is 19.4 Å². The summed E-state index contributed by atoms with van der Waals surface area (Å²) in [5.41, 5.74) is 0. The summed E-state index contributed by atoms with van der Waals surface area (Å²) >= 11 is 0. The van der Waals surface area contributed by atoms with E-state index in [1.165, 1.54) is 161 Å². The lowest BCUT2D eigenvalue weighted by Gasteiger charge is -2.20. The van der Waals surface area contributed by atoms with Gasteiger partial charge in [-0.05, 0) is 57.8 Å². The maximum Gasteiger partial charge on any atom is 0.305 e. The number of rotatable bonds is 44. The van der Waals surface area contributed by atoms with Crippen molar-refractivity contribution in [3.05, 3.63) is 24.3 Å². The smallest absolute Gasteiger partial charge is 0.305 e. The van der Waals surface area contributed by atoms with E-state index in [-0.39, 0.29) is 18.5 Å². The summed E-state index contributed by atoms with van der Waals surface area (Å²) in [7, 11) is 0. The molecule has 3 N–H and O–H groups in total. The molecular weight excluding hydrogens is 683 g/mol. The Morgan fingerprint density at radius 2 is 0.855 bits per heavy atom. The summed E-state index contributed by atoms with van der Waals surface area (Å²) in [5, 5.41) is 22.9. The minimum Gasteiger partial charge on any atom is -0.466 e. The number of hydrogen-bond acceptors (Lipinski definition) is 5. The highest BCUT2D eigenvalue weighted by Crippen LogP contribution is 2.15. The van der Waals surface area contributed by atoms with Crippen LogP contribution < -0.4 is 5.32 Å².